The molecule has 0 aromatic heterocycles. The number of benzene rings is 2. The number of amides is 1. The van der Waals surface area contributed by atoms with Gasteiger partial charge in [-0.1, -0.05) is 35.3 Å². The first-order valence-corrected chi connectivity index (χ1v) is 9.96. The van der Waals surface area contributed by atoms with Crippen LogP contribution in [-0.2, 0) is 0 Å². The molecule has 2 aromatic carbocycles. The van der Waals surface area contributed by atoms with E-state index in [1.54, 1.807) is 18.2 Å². The van der Waals surface area contributed by atoms with E-state index in [4.69, 9.17) is 23.2 Å². The predicted octanol–water partition coefficient (Wildman–Crippen LogP) is 4.63. The highest BCUT2D eigenvalue weighted by Gasteiger charge is 2.24. The van der Waals surface area contributed by atoms with Crippen molar-refractivity contribution in [3.63, 3.8) is 0 Å². The van der Waals surface area contributed by atoms with Gasteiger partial charge in [-0.15, -0.1) is 0 Å². The van der Waals surface area contributed by atoms with E-state index in [1.165, 1.54) is 18.4 Å². The first kappa shape index (κ1) is 20.0. The lowest BCUT2D eigenvalue weighted by Gasteiger charge is -2.28. The number of anilines is 1. The molecule has 0 saturated carbocycles. The number of carbonyl (C=O) groups is 1. The Morgan fingerprint density at radius 2 is 1.78 bits per heavy atom. The zero-order chi connectivity index (χ0) is 19.4. The second kappa shape index (κ2) is 8.96. The normalized spacial score (nSPS) is 15.6. The minimum atomic E-state index is -0.198. The molecular weight excluding hydrogens is 381 g/mol. The van der Waals surface area contributed by atoms with Crippen LogP contribution in [0.1, 0.15) is 34.8 Å². The summed E-state index contributed by atoms with van der Waals surface area (Å²) < 4.78 is 0. The summed E-state index contributed by atoms with van der Waals surface area (Å²) in [5.74, 6) is -0.198. The largest absolute Gasteiger partial charge is 0.378 e. The van der Waals surface area contributed by atoms with Gasteiger partial charge in [-0.05, 0) is 61.8 Å². The summed E-state index contributed by atoms with van der Waals surface area (Å²) in [5, 5.41) is 3.95. The van der Waals surface area contributed by atoms with Crippen LogP contribution in [0.15, 0.2) is 42.5 Å². The minimum Gasteiger partial charge on any atom is -0.378 e. The van der Waals surface area contributed by atoms with Crippen LogP contribution in [0.5, 0.6) is 0 Å². The standard InChI is InChI=1S/C21H25Cl2N3O/c1-25(2)17-8-5-15(6-9-17)20(26-11-3-4-12-26)14-24-21(27)18-13-16(22)7-10-19(18)23/h5-10,13,20H,3-4,11-12,14H2,1-2H3,(H,24,27). The van der Waals surface area contributed by atoms with Crippen LogP contribution >= 0.6 is 23.2 Å². The summed E-state index contributed by atoms with van der Waals surface area (Å²) in [7, 11) is 4.06. The van der Waals surface area contributed by atoms with E-state index in [0.717, 1.165) is 18.8 Å². The summed E-state index contributed by atoms with van der Waals surface area (Å²) in [5.41, 5.74) is 2.78. The van der Waals surface area contributed by atoms with Gasteiger partial charge >= 0.3 is 0 Å². The van der Waals surface area contributed by atoms with Crippen molar-refractivity contribution in [2.24, 2.45) is 0 Å². The number of halogens is 2. The average molecular weight is 406 g/mol. The number of hydrogen-bond donors (Lipinski definition) is 1. The molecule has 1 heterocycles. The van der Waals surface area contributed by atoms with Gasteiger partial charge in [0.25, 0.3) is 5.91 Å². The van der Waals surface area contributed by atoms with Crippen LogP contribution in [0.3, 0.4) is 0 Å². The maximum absolute atomic E-state index is 12.6. The van der Waals surface area contributed by atoms with E-state index in [0.29, 0.717) is 22.2 Å². The van der Waals surface area contributed by atoms with Crippen LogP contribution in [0, 0.1) is 0 Å². The highest BCUT2D eigenvalue weighted by Crippen LogP contribution is 2.27. The Labute approximate surface area is 171 Å². The van der Waals surface area contributed by atoms with Crippen molar-refractivity contribution in [3.05, 3.63) is 63.6 Å². The van der Waals surface area contributed by atoms with Gasteiger partial charge in [-0.3, -0.25) is 9.69 Å². The molecule has 1 aliphatic heterocycles. The summed E-state index contributed by atoms with van der Waals surface area (Å²) >= 11 is 12.2. The molecule has 0 spiro atoms. The average Bonchev–Trinajstić information content (AvgIpc) is 3.18. The number of likely N-dealkylation sites (tertiary alicyclic amines) is 1. The molecule has 1 atom stereocenters. The molecular formula is C21H25Cl2N3O. The smallest absolute Gasteiger partial charge is 0.252 e. The second-order valence-electron chi connectivity index (χ2n) is 7.08. The molecule has 0 radical (unpaired) electrons. The Hall–Kier alpha value is -1.75. The third kappa shape index (κ3) is 4.95. The molecule has 27 heavy (non-hydrogen) atoms. The van der Waals surface area contributed by atoms with Gasteiger partial charge in [0.05, 0.1) is 16.6 Å². The third-order valence-corrected chi connectivity index (χ3v) is 5.57. The number of nitrogens with one attached hydrogen (secondary N) is 1. The fourth-order valence-electron chi connectivity index (χ4n) is 3.46. The number of carbonyl (C=O) groups excluding carboxylic acids is 1. The van der Waals surface area contributed by atoms with Gasteiger partial charge in [-0.2, -0.15) is 0 Å². The zero-order valence-corrected chi connectivity index (χ0v) is 17.2. The number of rotatable bonds is 6. The summed E-state index contributed by atoms with van der Waals surface area (Å²) in [4.78, 5) is 17.1. The lowest BCUT2D eigenvalue weighted by atomic mass is 10.0. The SMILES string of the molecule is CN(C)c1ccc(C(CNC(=O)c2cc(Cl)ccc2Cl)N2CCCC2)cc1. The van der Waals surface area contributed by atoms with Crippen LogP contribution in [0.2, 0.25) is 10.0 Å². The van der Waals surface area contributed by atoms with Gasteiger partial charge in [0.2, 0.25) is 0 Å². The number of nitrogens with zero attached hydrogens (tertiary/aromatic N) is 2. The van der Waals surface area contributed by atoms with Crippen molar-refractivity contribution < 1.29 is 4.79 Å². The quantitative estimate of drug-likeness (QED) is 0.760. The zero-order valence-electron chi connectivity index (χ0n) is 15.7. The van der Waals surface area contributed by atoms with Crippen molar-refractivity contribution in [3.8, 4) is 0 Å². The molecule has 3 rings (SSSR count). The molecule has 1 saturated heterocycles. The maximum Gasteiger partial charge on any atom is 0.252 e. The van der Waals surface area contributed by atoms with Crippen LogP contribution in [0.4, 0.5) is 5.69 Å². The Bertz CT molecular complexity index is 787. The summed E-state index contributed by atoms with van der Waals surface area (Å²) in [6.07, 6.45) is 2.39. The van der Waals surface area contributed by atoms with E-state index in [2.05, 4.69) is 39.4 Å². The Balaban J connectivity index is 1.75. The molecule has 1 unspecified atom stereocenters. The Morgan fingerprint density at radius 1 is 1.11 bits per heavy atom. The first-order valence-electron chi connectivity index (χ1n) is 9.20. The van der Waals surface area contributed by atoms with Crippen LogP contribution in [0.25, 0.3) is 0 Å². The van der Waals surface area contributed by atoms with Crippen molar-refractivity contribution in [2.45, 2.75) is 18.9 Å². The van der Waals surface area contributed by atoms with Crippen molar-refractivity contribution in [2.75, 3.05) is 38.6 Å². The molecule has 1 fully saturated rings. The molecule has 2 aromatic rings. The van der Waals surface area contributed by atoms with Crippen LogP contribution in [-0.4, -0.2) is 44.5 Å². The van der Waals surface area contributed by atoms with Crippen molar-refractivity contribution in [1.29, 1.82) is 0 Å². The van der Waals surface area contributed by atoms with E-state index in [9.17, 15) is 4.79 Å². The Kier molecular flexibility index (Phi) is 6.64. The van der Waals surface area contributed by atoms with Gasteiger partial charge < -0.3 is 10.2 Å². The fraction of sp³-hybridized carbons (Fsp3) is 0.381. The monoisotopic (exact) mass is 405 g/mol. The molecule has 144 valence electrons. The van der Waals surface area contributed by atoms with Crippen LogP contribution < -0.4 is 10.2 Å². The Morgan fingerprint density at radius 3 is 2.41 bits per heavy atom. The third-order valence-electron chi connectivity index (χ3n) is 5.00. The number of hydrogen-bond acceptors (Lipinski definition) is 3. The predicted molar refractivity (Wildman–Crippen MR) is 113 cm³/mol. The lowest BCUT2D eigenvalue weighted by Crippen LogP contribution is -2.36. The van der Waals surface area contributed by atoms with Crippen molar-refractivity contribution >= 4 is 34.8 Å². The topological polar surface area (TPSA) is 35.6 Å². The summed E-state index contributed by atoms with van der Waals surface area (Å²) in [6.45, 7) is 2.63. The molecule has 4 nitrogen and oxygen atoms in total. The first-order chi connectivity index (χ1) is 13.0. The second-order valence-corrected chi connectivity index (χ2v) is 7.92. The minimum absolute atomic E-state index is 0.144. The van der Waals surface area contributed by atoms with E-state index >= 15 is 0 Å². The molecule has 1 amide bonds. The maximum atomic E-state index is 12.6. The molecule has 1 N–H and O–H groups in total. The molecule has 0 aliphatic carbocycles. The van der Waals surface area contributed by atoms with E-state index in [-0.39, 0.29) is 11.9 Å². The van der Waals surface area contributed by atoms with E-state index < -0.39 is 0 Å². The molecule has 0 bridgehead atoms. The highest BCUT2D eigenvalue weighted by atomic mass is 35.5. The van der Waals surface area contributed by atoms with Gasteiger partial charge in [-0.25, -0.2) is 0 Å². The van der Waals surface area contributed by atoms with E-state index in [1.807, 2.05) is 14.1 Å². The summed E-state index contributed by atoms with van der Waals surface area (Å²) in [6, 6.07) is 13.6. The molecule has 6 heteroatoms. The van der Waals surface area contributed by atoms with Gasteiger partial charge in [0, 0.05) is 31.4 Å². The van der Waals surface area contributed by atoms with Gasteiger partial charge in [0.1, 0.15) is 0 Å². The van der Waals surface area contributed by atoms with Gasteiger partial charge in [0.15, 0.2) is 0 Å². The molecule has 1 aliphatic rings. The van der Waals surface area contributed by atoms with Crippen molar-refractivity contribution in [1.82, 2.24) is 10.2 Å². The lowest BCUT2D eigenvalue weighted by molar-refractivity contribution is 0.0938. The highest BCUT2D eigenvalue weighted by molar-refractivity contribution is 6.35. The fourth-order valence-corrected chi connectivity index (χ4v) is 3.84.